The van der Waals surface area contributed by atoms with Gasteiger partial charge in [0.2, 0.25) is 0 Å². The van der Waals surface area contributed by atoms with Crippen LogP contribution in [0.3, 0.4) is 0 Å². The maximum Gasteiger partial charge on any atom is 0.317 e. The van der Waals surface area contributed by atoms with Crippen LogP contribution in [-0.2, 0) is 15.1 Å². The molecule has 0 aromatic heterocycles. The molecule has 5 heteroatoms. The summed E-state index contributed by atoms with van der Waals surface area (Å²) in [6.07, 6.45) is 0. The van der Waals surface area contributed by atoms with Crippen LogP contribution in [0.2, 0.25) is 0 Å². The molecule has 154 valence electrons. The number of ether oxygens (including phenoxy) is 1. The fraction of sp³-hybridized carbons (Fsp3) is 0.231. The third-order valence-corrected chi connectivity index (χ3v) is 7.07. The first kappa shape index (κ1) is 18.3. The molecule has 1 spiro atoms. The van der Waals surface area contributed by atoms with Crippen LogP contribution in [0, 0.1) is 12.8 Å². The van der Waals surface area contributed by atoms with Gasteiger partial charge < -0.3 is 9.64 Å². The van der Waals surface area contributed by atoms with E-state index in [0.29, 0.717) is 5.75 Å². The molecule has 3 aromatic carbocycles. The van der Waals surface area contributed by atoms with Gasteiger partial charge in [-0.2, -0.15) is 0 Å². The topological polar surface area (TPSA) is 58.6 Å². The number of likely N-dealkylation sites (N-methyl/N-ethyl adjacent to an activating group) is 1. The van der Waals surface area contributed by atoms with Crippen LogP contribution < -0.4 is 15.0 Å². The van der Waals surface area contributed by atoms with E-state index in [0.717, 1.165) is 27.9 Å². The van der Waals surface area contributed by atoms with Crippen LogP contribution in [-0.4, -0.2) is 18.9 Å². The Labute approximate surface area is 180 Å². The zero-order chi connectivity index (χ0) is 21.3. The number of anilines is 1. The van der Waals surface area contributed by atoms with E-state index in [9.17, 15) is 9.59 Å². The zero-order valence-electron chi connectivity index (χ0n) is 17.3. The van der Waals surface area contributed by atoms with Gasteiger partial charge in [0.05, 0.1) is 5.92 Å². The largest absolute Gasteiger partial charge is 0.426 e. The van der Waals surface area contributed by atoms with E-state index in [2.05, 4.69) is 5.32 Å². The van der Waals surface area contributed by atoms with Crippen molar-refractivity contribution >= 4 is 17.6 Å². The van der Waals surface area contributed by atoms with Gasteiger partial charge in [0, 0.05) is 35.8 Å². The molecule has 1 fully saturated rings. The highest BCUT2D eigenvalue weighted by Crippen LogP contribution is 2.61. The molecule has 0 saturated carbocycles. The lowest BCUT2D eigenvalue weighted by atomic mass is 9.70. The van der Waals surface area contributed by atoms with Crippen molar-refractivity contribution in [3.05, 3.63) is 95.1 Å². The number of nitrogens with zero attached hydrogens (tertiary/aromatic N) is 1. The maximum atomic E-state index is 13.9. The van der Waals surface area contributed by atoms with Crippen LogP contribution in [0.5, 0.6) is 5.75 Å². The number of para-hydroxylation sites is 2. The number of nitrogens with one attached hydrogen (secondary N) is 1. The molecule has 5 nitrogen and oxygen atoms in total. The number of carbonyl (C=O) groups is 2. The predicted octanol–water partition coefficient (Wildman–Crippen LogP) is 3.83. The number of rotatable bonds is 1. The van der Waals surface area contributed by atoms with E-state index in [1.165, 1.54) is 0 Å². The van der Waals surface area contributed by atoms with Crippen LogP contribution in [0.25, 0.3) is 0 Å². The lowest BCUT2D eigenvalue weighted by Gasteiger charge is -2.35. The van der Waals surface area contributed by atoms with E-state index in [-0.39, 0.29) is 23.8 Å². The number of aryl methyl sites for hydroxylation is 1. The van der Waals surface area contributed by atoms with E-state index < -0.39 is 11.5 Å². The third kappa shape index (κ3) is 2.29. The number of hydrogen-bond donors (Lipinski definition) is 1. The second-order valence-corrected chi connectivity index (χ2v) is 8.68. The summed E-state index contributed by atoms with van der Waals surface area (Å²) in [6.45, 7) is 2.03. The Hall–Kier alpha value is -3.44. The quantitative estimate of drug-likeness (QED) is 0.489. The van der Waals surface area contributed by atoms with Gasteiger partial charge in [0.25, 0.3) is 5.91 Å². The van der Waals surface area contributed by atoms with E-state index in [4.69, 9.17) is 4.74 Å². The number of esters is 1. The van der Waals surface area contributed by atoms with Crippen molar-refractivity contribution in [1.29, 1.82) is 0 Å². The molecule has 6 rings (SSSR count). The SMILES string of the molecule is Cc1ccc([C@H]2N[C@]3(C(=O)N(C)c4ccccc43)[C@@H]3c4ccccc4OC(=O)[C@H]23)cc1. The standard InChI is InChI=1S/C26H22N2O3/c1-15-11-13-16(14-12-15)23-21-22(17-7-3-6-10-20(17)31-24(21)29)26(27-23)18-8-4-5-9-19(18)28(2)25(26)30/h3-14,21-23,27H,1-2H3/t21-,22+,23+,26-/m0/s1. The molecule has 0 aliphatic carbocycles. The van der Waals surface area contributed by atoms with Crippen LogP contribution >= 0.6 is 0 Å². The van der Waals surface area contributed by atoms with Gasteiger partial charge in [-0.1, -0.05) is 66.2 Å². The Morgan fingerprint density at radius 2 is 1.65 bits per heavy atom. The van der Waals surface area contributed by atoms with Gasteiger partial charge in [0.15, 0.2) is 0 Å². The number of fused-ring (bicyclic) bond motifs is 6. The van der Waals surface area contributed by atoms with E-state index in [1.807, 2.05) is 79.7 Å². The minimum atomic E-state index is -1.03. The fourth-order valence-corrected chi connectivity index (χ4v) is 5.69. The summed E-state index contributed by atoms with van der Waals surface area (Å²) >= 11 is 0. The number of carbonyl (C=O) groups excluding carboxylic acids is 2. The van der Waals surface area contributed by atoms with Crippen molar-refractivity contribution in [2.24, 2.45) is 5.92 Å². The highest BCUT2D eigenvalue weighted by Gasteiger charge is 2.67. The van der Waals surface area contributed by atoms with Crippen LogP contribution in [0.15, 0.2) is 72.8 Å². The van der Waals surface area contributed by atoms with E-state index >= 15 is 0 Å². The van der Waals surface area contributed by atoms with Gasteiger partial charge in [-0.15, -0.1) is 0 Å². The van der Waals surface area contributed by atoms with Gasteiger partial charge in [0.1, 0.15) is 11.3 Å². The Bertz CT molecular complexity index is 1240. The van der Waals surface area contributed by atoms with E-state index in [1.54, 1.807) is 11.9 Å². The molecule has 3 heterocycles. The minimum absolute atomic E-state index is 0.0391. The first-order valence-corrected chi connectivity index (χ1v) is 10.5. The summed E-state index contributed by atoms with van der Waals surface area (Å²) in [7, 11) is 1.80. The summed E-state index contributed by atoms with van der Waals surface area (Å²) in [5.74, 6) is -0.670. The summed E-state index contributed by atoms with van der Waals surface area (Å²) in [6, 6.07) is 23.3. The summed E-state index contributed by atoms with van der Waals surface area (Å²) in [4.78, 5) is 29.0. The van der Waals surface area contributed by atoms with Crippen molar-refractivity contribution in [1.82, 2.24) is 5.32 Å². The molecule has 0 unspecified atom stereocenters. The molecule has 31 heavy (non-hydrogen) atoms. The molecule has 3 aliphatic rings. The smallest absolute Gasteiger partial charge is 0.317 e. The van der Waals surface area contributed by atoms with Crippen molar-refractivity contribution in [2.75, 3.05) is 11.9 Å². The third-order valence-electron chi connectivity index (χ3n) is 7.07. The van der Waals surface area contributed by atoms with Gasteiger partial charge >= 0.3 is 5.97 Å². The Balaban J connectivity index is 1.63. The monoisotopic (exact) mass is 410 g/mol. The molecule has 1 saturated heterocycles. The van der Waals surface area contributed by atoms with Crippen molar-refractivity contribution in [3.8, 4) is 5.75 Å². The van der Waals surface area contributed by atoms with Crippen molar-refractivity contribution < 1.29 is 14.3 Å². The maximum absolute atomic E-state index is 13.9. The molecule has 3 aromatic rings. The van der Waals surface area contributed by atoms with Gasteiger partial charge in [-0.05, 0) is 24.6 Å². The molecular formula is C26H22N2O3. The van der Waals surface area contributed by atoms with Gasteiger partial charge in [-0.3, -0.25) is 14.9 Å². The summed E-state index contributed by atoms with van der Waals surface area (Å²) < 4.78 is 5.77. The number of hydrogen-bond acceptors (Lipinski definition) is 4. The molecular weight excluding hydrogens is 388 g/mol. The predicted molar refractivity (Wildman–Crippen MR) is 117 cm³/mol. The fourth-order valence-electron chi connectivity index (χ4n) is 5.69. The highest BCUT2D eigenvalue weighted by molar-refractivity contribution is 6.09. The molecule has 0 bridgehead atoms. The van der Waals surface area contributed by atoms with Crippen LogP contribution in [0.4, 0.5) is 5.69 Å². The average Bonchev–Trinajstić information content (AvgIpc) is 3.26. The molecule has 1 N–H and O–H groups in total. The van der Waals surface area contributed by atoms with Gasteiger partial charge in [-0.25, -0.2) is 0 Å². The van der Waals surface area contributed by atoms with Crippen molar-refractivity contribution in [2.45, 2.75) is 24.4 Å². The minimum Gasteiger partial charge on any atom is -0.426 e. The second kappa shape index (κ2) is 6.28. The molecule has 4 atom stereocenters. The second-order valence-electron chi connectivity index (χ2n) is 8.68. The molecule has 1 amide bonds. The Kier molecular flexibility index (Phi) is 3.72. The van der Waals surface area contributed by atoms with Crippen molar-refractivity contribution in [3.63, 3.8) is 0 Å². The summed E-state index contributed by atoms with van der Waals surface area (Å²) in [5.41, 5.74) is 3.78. The molecule has 0 radical (unpaired) electrons. The number of amides is 1. The first-order chi connectivity index (χ1) is 15.0. The number of benzene rings is 3. The highest BCUT2D eigenvalue weighted by atomic mass is 16.5. The normalized spacial score (nSPS) is 28.3. The average molecular weight is 410 g/mol. The summed E-state index contributed by atoms with van der Waals surface area (Å²) in [5, 5.41) is 3.66. The Morgan fingerprint density at radius 1 is 0.935 bits per heavy atom. The van der Waals surface area contributed by atoms with Crippen LogP contribution in [0.1, 0.15) is 34.2 Å². The Morgan fingerprint density at radius 3 is 2.45 bits per heavy atom. The first-order valence-electron chi connectivity index (χ1n) is 10.5. The molecule has 3 aliphatic heterocycles. The zero-order valence-corrected chi connectivity index (χ0v) is 17.3. The lowest BCUT2D eigenvalue weighted by Crippen LogP contribution is -2.50. The lowest BCUT2D eigenvalue weighted by molar-refractivity contribution is -0.141.